The van der Waals surface area contributed by atoms with Crippen LogP contribution >= 0.6 is 15.9 Å². The van der Waals surface area contributed by atoms with Gasteiger partial charge in [0.25, 0.3) is 0 Å². The number of benzene rings is 1. The Bertz CT molecular complexity index is 494. The van der Waals surface area contributed by atoms with Gasteiger partial charge in [-0.3, -0.25) is 4.79 Å². The molecule has 2 bridgehead atoms. The van der Waals surface area contributed by atoms with E-state index in [1.165, 1.54) is 19.3 Å². The van der Waals surface area contributed by atoms with Crippen LogP contribution < -0.4 is 0 Å². The SMILES string of the molecule is O=C(Cc1ccccc1Br)C1C2C3CCC(C3)C12. The zero-order valence-corrected chi connectivity index (χ0v) is 11.9. The fourth-order valence-corrected chi connectivity index (χ4v) is 5.13. The number of carbonyl (C=O) groups is 1. The topological polar surface area (TPSA) is 17.1 Å². The molecule has 0 radical (unpaired) electrons. The molecule has 4 unspecified atom stereocenters. The van der Waals surface area contributed by atoms with Crippen LogP contribution in [0.1, 0.15) is 24.8 Å². The zero-order chi connectivity index (χ0) is 12.3. The number of ketones is 1. The molecule has 0 saturated heterocycles. The van der Waals surface area contributed by atoms with Crippen LogP contribution in [0.2, 0.25) is 0 Å². The molecule has 0 heterocycles. The predicted octanol–water partition coefficient (Wildman–Crippen LogP) is 3.85. The molecule has 3 saturated carbocycles. The molecule has 0 N–H and O–H groups in total. The molecule has 1 nitrogen and oxygen atoms in total. The Morgan fingerprint density at radius 3 is 2.50 bits per heavy atom. The number of hydrogen-bond donors (Lipinski definition) is 0. The van der Waals surface area contributed by atoms with E-state index in [-0.39, 0.29) is 0 Å². The Hall–Kier alpha value is -0.630. The first-order valence-electron chi connectivity index (χ1n) is 7.02. The van der Waals surface area contributed by atoms with Crippen molar-refractivity contribution in [3.05, 3.63) is 34.3 Å². The molecule has 4 rings (SSSR count). The van der Waals surface area contributed by atoms with Crippen molar-refractivity contribution in [3.63, 3.8) is 0 Å². The van der Waals surface area contributed by atoms with Gasteiger partial charge in [-0.05, 0) is 54.6 Å². The number of Topliss-reactive ketones (excluding diaryl/α,β-unsaturated/α-hetero) is 1. The van der Waals surface area contributed by atoms with Crippen molar-refractivity contribution in [3.8, 4) is 0 Å². The average Bonchev–Trinajstić information content (AvgIpc) is 2.82. The van der Waals surface area contributed by atoms with Gasteiger partial charge in [-0.25, -0.2) is 0 Å². The quantitative estimate of drug-likeness (QED) is 0.829. The summed E-state index contributed by atoms with van der Waals surface area (Å²) in [6.45, 7) is 0. The molecule has 0 aromatic heterocycles. The number of rotatable bonds is 3. The summed E-state index contributed by atoms with van der Waals surface area (Å²) in [4.78, 5) is 12.4. The van der Waals surface area contributed by atoms with E-state index in [0.717, 1.165) is 33.7 Å². The van der Waals surface area contributed by atoms with E-state index in [9.17, 15) is 4.79 Å². The van der Waals surface area contributed by atoms with Crippen LogP contribution in [-0.2, 0) is 11.2 Å². The highest BCUT2D eigenvalue weighted by atomic mass is 79.9. The lowest BCUT2D eigenvalue weighted by Gasteiger charge is -2.08. The second-order valence-corrected chi connectivity index (χ2v) is 7.10. The maximum absolute atomic E-state index is 12.4. The van der Waals surface area contributed by atoms with Crippen LogP contribution in [-0.4, -0.2) is 5.78 Å². The summed E-state index contributed by atoms with van der Waals surface area (Å²) in [5.41, 5.74) is 1.15. The number of carbonyl (C=O) groups excluding carboxylic acids is 1. The van der Waals surface area contributed by atoms with Gasteiger partial charge in [0.05, 0.1) is 0 Å². The first-order chi connectivity index (χ1) is 8.75. The molecule has 18 heavy (non-hydrogen) atoms. The molecule has 1 aromatic carbocycles. The van der Waals surface area contributed by atoms with E-state index < -0.39 is 0 Å². The van der Waals surface area contributed by atoms with Gasteiger partial charge in [0.15, 0.2) is 0 Å². The molecule has 0 aliphatic heterocycles. The van der Waals surface area contributed by atoms with E-state index >= 15 is 0 Å². The van der Waals surface area contributed by atoms with Crippen LogP contribution in [0.25, 0.3) is 0 Å². The Balaban J connectivity index is 1.48. The van der Waals surface area contributed by atoms with E-state index in [2.05, 4.69) is 22.0 Å². The number of hydrogen-bond acceptors (Lipinski definition) is 1. The summed E-state index contributed by atoms with van der Waals surface area (Å²) in [6, 6.07) is 8.11. The minimum absolute atomic E-state index is 0.420. The van der Waals surface area contributed by atoms with Crippen molar-refractivity contribution in [1.82, 2.24) is 0 Å². The van der Waals surface area contributed by atoms with Gasteiger partial charge in [-0.2, -0.15) is 0 Å². The molecule has 1 aromatic rings. The third-order valence-electron chi connectivity index (χ3n) is 5.43. The minimum atomic E-state index is 0.420. The summed E-state index contributed by atoms with van der Waals surface area (Å²) < 4.78 is 1.08. The van der Waals surface area contributed by atoms with Gasteiger partial charge in [-0.15, -0.1) is 0 Å². The average molecular weight is 305 g/mol. The van der Waals surface area contributed by atoms with Crippen LogP contribution in [0.3, 0.4) is 0 Å². The van der Waals surface area contributed by atoms with Gasteiger partial charge >= 0.3 is 0 Å². The van der Waals surface area contributed by atoms with E-state index in [0.29, 0.717) is 18.1 Å². The summed E-state index contributed by atoms with van der Waals surface area (Å²) in [7, 11) is 0. The smallest absolute Gasteiger partial charge is 0.140 e. The lowest BCUT2D eigenvalue weighted by Crippen LogP contribution is -2.12. The van der Waals surface area contributed by atoms with Gasteiger partial charge in [0.1, 0.15) is 5.78 Å². The Labute approximate surface area is 116 Å². The van der Waals surface area contributed by atoms with Crippen molar-refractivity contribution in [1.29, 1.82) is 0 Å². The molecule has 3 aliphatic carbocycles. The second kappa shape index (κ2) is 3.93. The van der Waals surface area contributed by atoms with Crippen LogP contribution in [0.4, 0.5) is 0 Å². The van der Waals surface area contributed by atoms with Gasteiger partial charge < -0.3 is 0 Å². The van der Waals surface area contributed by atoms with Crippen LogP contribution in [0.5, 0.6) is 0 Å². The normalized spacial score (nSPS) is 39.7. The first-order valence-corrected chi connectivity index (χ1v) is 7.81. The highest BCUT2D eigenvalue weighted by Crippen LogP contribution is 2.69. The van der Waals surface area contributed by atoms with Crippen molar-refractivity contribution in [2.45, 2.75) is 25.7 Å². The van der Waals surface area contributed by atoms with Crippen molar-refractivity contribution in [2.24, 2.45) is 29.6 Å². The molecule has 0 spiro atoms. The molecule has 4 atom stereocenters. The highest BCUT2D eigenvalue weighted by molar-refractivity contribution is 9.10. The maximum Gasteiger partial charge on any atom is 0.140 e. The predicted molar refractivity (Wildman–Crippen MR) is 74.2 cm³/mol. The fraction of sp³-hybridized carbons (Fsp3) is 0.562. The Morgan fingerprint density at radius 1 is 1.17 bits per heavy atom. The number of fused-ring (bicyclic) bond motifs is 5. The summed E-state index contributed by atoms with van der Waals surface area (Å²) in [5, 5.41) is 0. The molecular weight excluding hydrogens is 288 g/mol. The maximum atomic E-state index is 12.4. The van der Waals surface area contributed by atoms with Crippen LogP contribution in [0.15, 0.2) is 28.7 Å². The highest BCUT2D eigenvalue weighted by Gasteiger charge is 2.66. The summed E-state index contributed by atoms with van der Waals surface area (Å²) in [5.74, 6) is 4.26. The molecule has 3 fully saturated rings. The molecule has 0 amide bonds. The van der Waals surface area contributed by atoms with Gasteiger partial charge in [-0.1, -0.05) is 34.1 Å². The lowest BCUT2D eigenvalue weighted by atomic mass is 9.96. The first kappa shape index (κ1) is 11.2. The zero-order valence-electron chi connectivity index (χ0n) is 10.3. The standard InChI is InChI=1S/C16H17BrO/c17-12-4-2-1-3-9(12)8-13(18)16-14-10-5-6-11(7-10)15(14)16/h1-4,10-11,14-16H,5-8H2. The largest absolute Gasteiger partial charge is 0.299 e. The molecular formula is C16H17BrO. The molecule has 94 valence electrons. The third kappa shape index (κ3) is 1.54. The van der Waals surface area contributed by atoms with Crippen molar-refractivity contribution in [2.75, 3.05) is 0 Å². The summed E-state index contributed by atoms with van der Waals surface area (Å²) in [6.07, 6.45) is 4.84. The van der Waals surface area contributed by atoms with Crippen LogP contribution in [0, 0.1) is 29.6 Å². The van der Waals surface area contributed by atoms with E-state index in [4.69, 9.17) is 0 Å². The minimum Gasteiger partial charge on any atom is -0.299 e. The third-order valence-corrected chi connectivity index (χ3v) is 6.20. The van der Waals surface area contributed by atoms with E-state index in [1.54, 1.807) is 0 Å². The van der Waals surface area contributed by atoms with Crippen molar-refractivity contribution >= 4 is 21.7 Å². The Kier molecular flexibility index (Phi) is 2.45. The Morgan fingerprint density at radius 2 is 1.83 bits per heavy atom. The van der Waals surface area contributed by atoms with E-state index in [1.807, 2.05) is 18.2 Å². The van der Waals surface area contributed by atoms with Gasteiger partial charge in [0, 0.05) is 16.8 Å². The summed E-state index contributed by atoms with van der Waals surface area (Å²) >= 11 is 3.54. The number of halogens is 1. The second-order valence-electron chi connectivity index (χ2n) is 6.25. The molecule has 3 aliphatic rings. The lowest BCUT2D eigenvalue weighted by molar-refractivity contribution is -0.120. The molecule has 2 heteroatoms. The van der Waals surface area contributed by atoms with Crippen molar-refractivity contribution < 1.29 is 4.79 Å². The monoisotopic (exact) mass is 304 g/mol. The van der Waals surface area contributed by atoms with Gasteiger partial charge in [0.2, 0.25) is 0 Å². The fourth-order valence-electron chi connectivity index (χ4n) is 4.70.